The third-order valence-electron chi connectivity index (χ3n) is 3.13. The van der Waals surface area contributed by atoms with Crippen molar-refractivity contribution in [2.45, 2.75) is 6.54 Å². The monoisotopic (exact) mass is 352 g/mol. The van der Waals surface area contributed by atoms with Crippen LogP contribution in [0.15, 0.2) is 45.9 Å². The van der Waals surface area contributed by atoms with Gasteiger partial charge in [-0.25, -0.2) is 4.39 Å². The molecule has 0 bridgehead atoms. The Hall–Kier alpha value is -1.39. The maximum atomic E-state index is 13.8. The molecule has 0 fully saturated rings. The molecular weight excluding hydrogens is 343 g/mol. The minimum Gasteiger partial charge on any atom is -0.353 e. The Labute approximate surface area is 129 Å². The number of halogens is 3. The van der Waals surface area contributed by atoms with E-state index < -0.39 is 0 Å². The van der Waals surface area contributed by atoms with Crippen molar-refractivity contribution in [3.05, 3.63) is 67.9 Å². The zero-order chi connectivity index (χ0) is 14.1. The highest BCUT2D eigenvalue weighted by atomic mass is 79.9. The van der Waals surface area contributed by atoms with E-state index in [0.29, 0.717) is 23.8 Å². The lowest BCUT2D eigenvalue weighted by Crippen LogP contribution is -2.35. The molecule has 20 heavy (non-hydrogen) atoms. The first-order valence-corrected chi connectivity index (χ1v) is 7.29. The van der Waals surface area contributed by atoms with Crippen molar-refractivity contribution in [1.82, 2.24) is 4.90 Å². The smallest absolute Gasteiger partial charge is 0.129 e. The highest BCUT2D eigenvalue weighted by Gasteiger charge is 2.09. The van der Waals surface area contributed by atoms with Crippen molar-refractivity contribution in [3.63, 3.8) is 0 Å². The summed E-state index contributed by atoms with van der Waals surface area (Å²) in [6.45, 7) is 0.994. The molecule has 0 unspecified atom stereocenters. The quantitative estimate of drug-likeness (QED) is 0.810. The molecule has 0 aliphatic carbocycles. The molecule has 3 rings (SSSR count). The first-order chi connectivity index (χ1) is 9.61. The summed E-state index contributed by atoms with van der Waals surface area (Å²) < 4.78 is 14.6. The second-order valence-electron chi connectivity index (χ2n) is 4.61. The first kappa shape index (κ1) is 13.6. The van der Waals surface area contributed by atoms with Crippen molar-refractivity contribution in [3.8, 4) is 0 Å². The van der Waals surface area contributed by atoms with Crippen LogP contribution in [0.4, 0.5) is 4.39 Å². The summed E-state index contributed by atoms with van der Waals surface area (Å²) in [4.78, 5) is 6.43. The van der Waals surface area contributed by atoms with Crippen LogP contribution in [0, 0.1) is 5.82 Å². The van der Waals surface area contributed by atoms with Crippen LogP contribution < -0.4 is 10.6 Å². The van der Waals surface area contributed by atoms with Gasteiger partial charge in [-0.3, -0.25) is 4.99 Å². The SMILES string of the molecule is Fc1cc(Br)ccc1CN1C=c2ccc(Cl)cc2=NC1. The number of rotatable bonds is 2. The molecule has 2 aromatic carbocycles. The fourth-order valence-electron chi connectivity index (χ4n) is 2.13. The lowest BCUT2D eigenvalue weighted by molar-refractivity contribution is 0.398. The van der Waals surface area contributed by atoms with Gasteiger partial charge in [0, 0.05) is 33.0 Å². The predicted octanol–water partition coefficient (Wildman–Crippen LogP) is 3.07. The minimum absolute atomic E-state index is 0.213. The van der Waals surface area contributed by atoms with E-state index in [1.165, 1.54) is 6.07 Å². The Morgan fingerprint density at radius 1 is 1.25 bits per heavy atom. The van der Waals surface area contributed by atoms with Crippen LogP contribution in [-0.2, 0) is 6.54 Å². The molecule has 0 saturated carbocycles. The molecule has 0 amide bonds. The Morgan fingerprint density at radius 2 is 2.10 bits per heavy atom. The number of fused-ring (bicyclic) bond motifs is 1. The zero-order valence-electron chi connectivity index (χ0n) is 10.5. The minimum atomic E-state index is -0.213. The van der Waals surface area contributed by atoms with Gasteiger partial charge in [0.05, 0.1) is 5.36 Å². The maximum absolute atomic E-state index is 13.8. The second-order valence-corrected chi connectivity index (χ2v) is 5.97. The molecule has 0 aromatic heterocycles. The van der Waals surface area contributed by atoms with Crippen LogP contribution >= 0.6 is 27.5 Å². The Balaban J connectivity index is 1.88. The summed E-state index contributed by atoms with van der Waals surface area (Å²) in [5.41, 5.74) is 0.650. The zero-order valence-corrected chi connectivity index (χ0v) is 12.8. The van der Waals surface area contributed by atoms with Crippen molar-refractivity contribution < 1.29 is 4.39 Å². The van der Waals surface area contributed by atoms with Gasteiger partial charge in [0.2, 0.25) is 0 Å². The molecular formula is C15H11BrClFN2. The largest absolute Gasteiger partial charge is 0.353 e. The second kappa shape index (κ2) is 5.54. The van der Waals surface area contributed by atoms with E-state index in [-0.39, 0.29) is 5.82 Å². The van der Waals surface area contributed by atoms with Gasteiger partial charge < -0.3 is 4.90 Å². The van der Waals surface area contributed by atoms with E-state index in [2.05, 4.69) is 20.9 Å². The fourth-order valence-corrected chi connectivity index (χ4v) is 2.63. The third kappa shape index (κ3) is 2.86. The summed E-state index contributed by atoms with van der Waals surface area (Å²) in [5, 5.41) is 2.55. The average molecular weight is 354 g/mol. The summed E-state index contributed by atoms with van der Waals surface area (Å²) in [6, 6.07) is 10.7. The number of nitrogens with zero attached hydrogens (tertiary/aromatic N) is 2. The lowest BCUT2D eigenvalue weighted by Gasteiger charge is -2.21. The van der Waals surface area contributed by atoms with E-state index >= 15 is 0 Å². The number of benzene rings is 2. The van der Waals surface area contributed by atoms with Crippen LogP contribution in [0.5, 0.6) is 0 Å². The lowest BCUT2D eigenvalue weighted by atomic mass is 10.2. The van der Waals surface area contributed by atoms with Crippen LogP contribution in [0.2, 0.25) is 5.02 Å². The molecule has 102 valence electrons. The standard InChI is InChI=1S/C15H11BrClFN2/c16-12-3-1-10(14(18)5-12)7-20-8-11-2-4-13(17)6-15(11)19-9-20/h1-6,8H,7,9H2. The van der Waals surface area contributed by atoms with E-state index in [1.54, 1.807) is 6.07 Å². The topological polar surface area (TPSA) is 15.6 Å². The molecule has 0 spiro atoms. The highest BCUT2D eigenvalue weighted by molar-refractivity contribution is 9.10. The van der Waals surface area contributed by atoms with Gasteiger partial charge in [0.25, 0.3) is 0 Å². The van der Waals surface area contributed by atoms with Crippen LogP contribution in [0.3, 0.4) is 0 Å². The highest BCUT2D eigenvalue weighted by Crippen LogP contribution is 2.17. The molecule has 2 nitrogen and oxygen atoms in total. The van der Waals surface area contributed by atoms with Crippen LogP contribution in [-0.4, -0.2) is 11.6 Å². The molecule has 0 saturated heterocycles. The van der Waals surface area contributed by atoms with Crippen molar-refractivity contribution in [2.24, 2.45) is 4.99 Å². The van der Waals surface area contributed by atoms with Gasteiger partial charge in [-0.05, 0) is 30.3 Å². The van der Waals surface area contributed by atoms with Gasteiger partial charge >= 0.3 is 0 Å². The Bertz CT molecular complexity index is 776. The summed E-state index contributed by atoms with van der Waals surface area (Å²) >= 11 is 9.19. The summed E-state index contributed by atoms with van der Waals surface area (Å²) in [7, 11) is 0. The normalized spacial score (nSPS) is 13.4. The molecule has 1 heterocycles. The molecule has 2 aromatic rings. The summed E-state index contributed by atoms with van der Waals surface area (Å²) in [5.74, 6) is -0.213. The van der Waals surface area contributed by atoms with E-state index in [9.17, 15) is 4.39 Å². The molecule has 1 aliphatic heterocycles. The van der Waals surface area contributed by atoms with E-state index in [1.807, 2.05) is 35.4 Å². The predicted molar refractivity (Wildman–Crippen MR) is 81.2 cm³/mol. The molecule has 0 radical (unpaired) electrons. The van der Waals surface area contributed by atoms with E-state index in [4.69, 9.17) is 11.6 Å². The molecule has 1 aliphatic rings. The Morgan fingerprint density at radius 3 is 2.90 bits per heavy atom. The van der Waals surface area contributed by atoms with Gasteiger partial charge in [-0.1, -0.05) is 33.6 Å². The van der Waals surface area contributed by atoms with Crippen LogP contribution in [0.1, 0.15) is 5.56 Å². The van der Waals surface area contributed by atoms with Gasteiger partial charge in [-0.2, -0.15) is 0 Å². The van der Waals surface area contributed by atoms with Crippen LogP contribution in [0.25, 0.3) is 6.20 Å². The number of hydrogen-bond donors (Lipinski definition) is 0. The summed E-state index contributed by atoms with van der Waals surface area (Å²) in [6.07, 6.45) is 1.99. The van der Waals surface area contributed by atoms with Crippen molar-refractivity contribution >= 4 is 33.7 Å². The average Bonchev–Trinajstić information content (AvgIpc) is 2.42. The first-order valence-electron chi connectivity index (χ1n) is 6.12. The van der Waals surface area contributed by atoms with Crippen molar-refractivity contribution in [2.75, 3.05) is 6.67 Å². The number of hydrogen-bond acceptors (Lipinski definition) is 2. The van der Waals surface area contributed by atoms with Gasteiger partial charge in [0.15, 0.2) is 0 Å². The third-order valence-corrected chi connectivity index (χ3v) is 3.85. The fraction of sp³-hybridized carbons (Fsp3) is 0.133. The molecule has 0 N–H and O–H groups in total. The Kier molecular flexibility index (Phi) is 3.76. The van der Waals surface area contributed by atoms with Gasteiger partial charge in [0.1, 0.15) is 12.5 Å². The van der Waals surface area contributed by atoms with Gasteiger partial charge in [-0.15, -0.1) is 0 Å². The van der Waals surface area contributed by atoms with Crippen molar-refractivity contribution in [1.29, 1.82) is 0 Å². The molecule has 0 atom stereocenters. The maximum Gasteiger partial charge on any atom is 0.129 e. The van der Waals surface area contributed by atoms with E-state index in [0.717, 1.165) is 15.0 Å². The molecule has 5 heteroatoms.